The van der Waals surface area contributed by atoms with Gasteiger partial charge in [-0.1, -0.05) is 37.8 Å². The summed E-state index contributed by atoms with van der Waals surface area (Å²) in [5, 5.41) is 3.79. The van der Waals surface area contributed by atoms with Crippen molar-refractivity contribution in [3.8, 4) is 0 Å². The Morgan fingerprint density at radius 1 is 0.955 bits per heavy atom. The number of piperazine rings is 1. The van der Waals surface area contributed by atoms with Crippen LogP contribution in [0.3, 0.4) is 0 Å². The van der Waals surface area contributed by atoms with Crippen LogP contribution in [0.5, 0.6) is 0 Å². The predicted octanol–water partition coefficient (Wildman–Crippen LogP) is 4.16. The number of nitrogens with zero attached hydrogens (tertiary/aromatic N) is 1. The van der Waals surface area contributed by atoms with E-state index < -0.39 is 0 Å². The Morgan fingerprint density at radius 2 is 1.86 bits per heavy atom. The summed E-state index contributed by atoms with van der Waals surface area (Å²) in [4.78, 5) is 2.74. The topological polar surface area (TPSA) is 15.3 Å². The second-order valence-electron chi connectivity index (χ2n) is 7.94. The van der Waals surface area contributed by atoms with E-state index in [0.717, 1.165) is 30.5 Å². The minimum Gasteiger partial charge on any atom is -0.365 e. The summed E-state index contributed by atoms with van der Waals surface area (Å²) < 4.78 is 0. The van der Waals surface area contributed by atoms with Crippen molar-refractivity contribution in [3.63, 3.8) is 0 Å². The van der Waals surface area contributed by atoms with Crippen LogP contribution in [0.1, 0.15) is 74.3 Å². The highest BCUT2D eigenvalue weighted by Gasteiger charge is 2.46. The van der Waals surface area contributed by atoms with Crippen molar-refractivity contribution in [2.24, 2.45) is 0 Å². The summed E-state index contributed by atoms with van der Waals surface area (Å²) in [7, 11) is 0. The molecule has 1 saturated heterocycles. The SMILES string of the molecule is c1cc2c(cc1C1CCCCC1)[C@H]1CCC[C@H]3NCCN2[C@H]13. The molecule has 3 fully saturated rings. The van der Waals surface area contributed by atoms with Gasteiger partial charge in [0.25, 0.3) is 0 Å². The lowest BCUT2D eigenvalue weighted by Crippen LogP contribution is -2.59. The van der Waals surface area contributed by atoms with Crippen molar-refractivity contribution in [2.75, 3.05) is 18.0 Å². The zero-order valence-electron chi connectivity index (χ0n) is 13.6. The average molecular weight is 296 g/mol. The molecule has 2 aliphatic heterocycles. The van der Waals surface area contributed by atoms with Crippen molar-refractivity contribution < 1.29 is 0 Å². The minimum atomic E-state index is 0.734. The maximum absolute atomic E-state index is 3.79. The van der Waals surface area contributed by atoms with Crippen molar-refractivity contribution in [1.29, 1.82) is 0 Å². The first-order valence-electron chi connectivity index (χ1n) is 9.56. The third-order valence-electron chi connectivity index (χ3n) is 6.81. The van der Waals surface area contributed by atoms with Gasteiger partial charge in [0.15, 0.2) is 0 Å². The van der Waals surface area contributed by atoms with E-state index in [-0.39, 0.29) is 0 Å². The molecular weight excluding hydrogens is 268 g/mol. The van der Waals surface area contributed by atoms with Crippen molar-refractivity contribution in [3.05, 3.63) is 29.3 Å². The van der Waals surface area contributed by atoms with Crippen LogP contribution in [0.2, 0.25) is 0 Å². The van der Waals surface area contributed by atoms with Gasteiger partial charge in [0.1, 0.15) is 0 Å². The molecule has 5 rings (SSSR count). The Kier molecular flexibility index (Phi) is 3.21. The standard InChI is InChI=1S/C20H28N2/c1-2-5-14(6-3-1)15-9-10-19-17(13-15)16-7-4-8-18-20(16)22(19)12-11-21-18/h9-10,13-14,16,18,20-21H,1-8,11-12H2/t16-,18-,20-/m1/s1. The van der Waals surface area contributed by atoms with Crippen LogP contribution in [-0.4, -0.2) is 25.2 Å². The molecule has 0 aromatic heterocycles. The third kappa shape index (κ3) is 1.96. The first-order chi connectivity index (χ1) is 10.9. The molecule has 2 aliphatic carbocycles. The quantitative estimate of drug-likeness (QED) is 0.837. The fourth-order valence-corrected chi connectivity index (χ4v) is 5.80. The van der Waals surface area contributed by atoms with E-state index in [2.05, 4.69) is 28.4 Å². The lowest BCUT2D eigenvalue weighted by atomic mass is 9.77. The van der Waals surface area contributed by atoms with E-state index in [1.54, 1.807) is 16.8 Å². The monoisotopic (exact) mass is 296 g/mol. The van der Waals surface area contributed by atoms with Crippen molar-refractivity contribution in [2.45, 2.75) is 75.3 Å². The zero-order valence-corrected chi connectivity index (χ0v) is 13.6. The van der Waals surface area contributed by atoms with E-state index in [1.165, 1.54) is 57.9 Å². The number of nitrogens with one attached hydrogen (secondary N) is 1. The molecule has 1 aromatic carbocycles. The van der Waals surface area contributed by atoms with Crippen molar-refractivity contribution in [1.82, 2.24) is 5.32 Å². The van der Waals surface area contributed by atoms with Crippen LogP contribution in [0.25, 0.3) is 0 Å². The molecule has 1 aromatic rings. The van der Waals surface area contributed by atoms with E-state index in [9.17, 15) is 0 Å². The summed E-state index contributed by atoms with van der Waals surface area (Å²) in [5.41, 5.74) is 4.91. The van der Waals surface area contributed by atoms with E-state index in [1.807, 2.05) is 0 Å². The van der Waals surface area contributed by atoms with Crippen LogP contribution in [-0.2, 0) is 0 Å². The number of rotatable bonds is 1. The van der Waals surface area contributed by atoms with Gasteiger partial charge in [0, 0.05) is 30.7 Å². The van der Waals surface area contributed by atoms with Gasteiger partial charge < -0.3 is 10.2 Å². The maximum Gasteiger partial charge on any atom is 0.0513 e. The Labute approximate surface area is 134 Å². The molecule has 4 aliphatic rings. The fourth-order valence-electron chi connectivity index (χ4n) is 5.80. The molecule has 0 bridgehead atoms. The van der Waals surface area contributed by atoms with E-state index in [0.29, 0.717) is 0 Å². The summed E-state index contributed by atoms with van der Waals surface area (Å²) in [6, 6.07) is 9.04. The van der Waals surface area contributed by atoms with Crippen LogP contribution < -0.4 is 10.2 Å². The summed E-state index contributed by atoms with van der Waals surface area (Å²) in [5.74, 6) is 1.64. The average Bonchev–Trinajstić information content (AvgIpc) is 2.92. The Balaban J connectivity index is 1.52. The highest BCUT2D eigenvalue weighted by molar-refractivity contribution is 5.64. The second kappa shape index (κ2) is 5.26. The maximum atomic E-state index is 3.79. The summed E-state index contributed by atoms with van der Waals surface area (Å²) >= 11 is 0. The van der Waals surface area contributed by atoms with Gasteiger partial charge in [-0.15, -0.1) is 0 Å². The first kappa shape index (κ1) is 13.4. The first-order valence-corrected chi connectivity index (χ1v) is 9.56. The molecule has 3 atom stereocenters. The third-order valence-corrected chi connectivity index (χ3v) is 6.81. The van der Waals surface area contributed by atoms with E-state index in [4.69, 9.17) is 0 Å². The highest BCUT2D eigenvalue weighted by Crippen LogP contribution is 2.49. The lowest BCUT2D eigenvalue weighted by molar-refractivity contribution is 0.270. The van der Waals surface area contributed by atoms with Gasteiger partial charge in [-0.2, -0.15) is 0 Å². The molecule has 0 unspecified atom stereocenters. The molecule has 2 heteroatoms. The Bertz CT molecular complexity index is 559. The Morgan fingerprint density at radius 3 is 2.77 bits per heavy atom. The van der Waals surface area contributed by atoms with E-state index >= 15 is 0 Å². The van der Waals surface area contributed by atoms with Crippen molar-refractivity contribution >= 4 is 5.69 Å². The lowest BCUT2D eigenvalue weighted by Gasteiger charge is -2.44. The second-order valence-corrected chi connectivity index (χ2v) is 7.94. The van der Waals surface area contributed by atoms with Gasteiger partial charge in [0.2, 0.25) is 0 Å². The van der Waals surface area contributed by atoms with Crippen LogP contribution >= 0.6 is 0 Å². The molecule has 0 radical (unpaired) electrons. The summed E-state index contributed by atoms with van der Waals surface area (Å²) in [6.45, 7) is 2.37. The Hall–Kier alpha value is -1.02. The number of fused-ring (bicyclic) bond motifs is 3. The molecule has 2 saturated carbocycles. The molecule has 0 amide bonds. The minimum absolute atomic E-state index is 0.734. The fraction of sp³-hybridized carbons (Fsp3) is 0.700. The smallest absolute Gasteiger partial charge is 0.0513 e. The van der Waals surface area contributed by atoms with Crippen LogP contribution in [0.15, 0.2) is 18.2 Å². The normalized spacial score (nSPS) is 34.4. The molecular formula is C20H28N2. The summed E-state index contributed by atoms with van der Waals surface area (Å²) in [6.07, 6.45) is 11.3. The van der Waals surface area contributed by atoms with Crippen LogP contribution in [0, 0.1) is 0 Å². The van der Waals surface area contributed by atoms with Gasteiger partial charge in [-0.3, -0.25) is 0 Å². The molecule has 1 N–H and O–H groups in total. The molecule has 2 heterocycles. The predicted molar refractivity (Wildman–Crippen MR) is 91.8 cm³/mol. The molecule has 0 spiro atoms. The van der Waals surface area contributed by atoms with Gasteiger partial charge in [-0.05, 0) is 48.8 Å². The van der Waals surface area contributed by atoms with Gasteiger partial charge in [0.05, 0.1) is 6.04 Å². The van der Waals surface area contributed by atoms with Crippen LogP contribution in [0.4, 0.5) is 5.69 Å². The largest absolute Gasteiger partial charge is 0.365 e. The van der Waals surface area contributed by atoms with Gasteiger partial charge in [-0.25, -0.2) is 0 Å². The molecule has 2 nitrogen and oxygen atoms in total. The number of anilines is 1. The highest BCUT2D eigenvalue weighted by atomic mass is 15.3. The molecule has 118 valence electrons. The number of hydrogen-bond acceptors (Lipinski definition) is 2. The number of benzene rings is 1. The van der Waals surface area contributed by atoms with Gasteiger partial charge >= 0.3 is 0 Å². The zero-order chi connectivity index (χ0) is 14.5. The number of hydrogen-bond donors (Lipinski definition) is 1. The molecule has 22 heavy (non-hydrogen) atoms.